The molecule has 0 aromatic carbocycles. The molecule has 4 aromatic heterocycles. The van der Waals surface area contributed by atoms with E-state index in [4.69, 9.17) is 50.8 Å². The third-order valence-electron chi connectivity index (χ3n) is 7.26. The van der Waals surface area contributed by atoms with Crippen LogP contribution in [-0.2, 0) is 43.9 Å². The summed E-state index contributed by atoms with van der Waals surface area (Å²) in [4.78, 5) is 35.5. The molecule has 0 amide bonds. The second-order valence-electron chi connectivity index (χ2n) is 9.95. The van der Waals surface area contributed by atoms with Crippen LogP contribution in [0.25, 0.3) is 22.3 Å². The monoisotopic (exact) mass is 690 g/mol. The minimum atomic E-state index is -4.30. The fourth-order valence-electron chi connectivity index (χ4n) is 5.22. The number of aromatic nitrogens is 8. The van der Waals surface area contributed by atoms with Gasteiger partial charge in [-0.1, -0.05) is 12.2 Å². The van der Waals surface area contributed by atoms with Crippen molar-refractivity contribution in [3.63, 3.8) is 0 Å². The first kappa shape index (κ1) is 30.2. The van der Waals surface area contributed by atoms with Crippen LogP contribution in [0.15, 0.2) is 25.3 Å². The molecule has 3 fully saturated rings. The first-order valence-corrected chi connectivity index (χ1v) is 18.1. The topological polar surface area (TPSA) is 272 Å². The van der Waals surface area contributed by atoms with Gasteiger partial charge in [-0.05, 0) is 11.8 Å². The number of hydrogen-bond acceptors (Lipinski definition) is 18. The van der Waals surface area contributed by atoms with Gasteiger partial charge in [0.1, 0.15) is 60.3 Å². The molecule has 0 saturated carbocycles. The smallest absolute Gasteiger partial charge is 0.386 e. The Morgan fingerprint density at radius 3 is 2.02 bits per heavy atom. The highest BCUT2D eigenvalue weighted by atomic mass is 32.7. The van der Waals surface area contributed by atoms with Gasteiger partial charge in [-0.25, -0.2) is 34.5 Å². The Balaban J connectivity index is 1.20. The van der Waals surface area contributed by atoms with Crippen LogP contribution >= 0.6 is 25.8 Å². The van der Waals surface area contributed by atoms with Crippen molar-refractivity contribution in [3.8, 4) is 0 Å². The highest BCUT2D eigenvalue weighted by Gasteiger charge is 2.53. The molecule has 4 aromatic rings. The molecule has 7 heterocycles. The van der Waals surface area contributed by atoms with Crippen molar-refractivity contribution >= 4 is 71.5 Å². The maximum Gasteiger partial charge on any atom is 0.386 e. The van der Waals surface area contributed by atoms with Crippen molar-refractivity contribution < 1.29 is 47.2 Å². The standard InChI is InChI=1S/C20H24N10O10P2S2/c21-15-9-17(25-3-23-15)29(5-27-9)19-12(32)13-8(38-19)2-36-42(34,44)40-14-11(31)7(1-35-41(33,43)39-13)37-20(14)30-6-28-10-16(22)24-4-26-18(10)30/h3-8,11-14,19-20,31-32H,1-2H2,(H,33,43)(H,34,44)(H2,21,23,25)(H2,22,24,26)/t7-,8-,11-,12-,13-,14-,19-,20?,41?,42?/m1/s1. The number of hydrogen-bond donors (Lipinski definition) is 6. The Kier molecular flexibility index (Phi) is 7.64. The number of nitrogen functional groups attached to an aromatic ring is 2. The third-order valence-corrected chi connectivity index (χ3v) is 10.4. The summed E-state index contributed by atoms with van der Waals surface area (Å²) in [6.07, 6.45) is -5.40. The Morgan fingerprint density at radius 2 is 1.39 bits per heavy atom. The number of anilines is 2. The van der Waals surface area contributed by atoms with Gasteiger partial charge < -0.3 is 40.6 Å². The summed E-state index contributed by atoms with van der Waals surface area (Å²) in [5.74, 6) is 0.201. The number of thiol groups is 1. The number of aliphatic hydroxyl groups excluding tert-OH is 2. The van der Waals surface area contributed by atoms with Gasteiger partial charge in [0, 0.05) is 0 Å². The van der Waals surface area contributed by atoms with Gasteiger partial charge in [0.05, 0.1) is 25.9 Å². The zero-order valence-corrected chi connectivity index (χ0v) is 25.5. The van der Waals surface area contributed by atoms with E-state index in [9.17, 15) is 19.7 Å². The van der Waals surface area contributed by atoms with Crippen molar-refractivity contribution in [1.29, 1.82) is 0 Å². The summed E-state index contributed by atoms with van der Waals surface area (Å²) in [7, 11) is 0. The molecule has 3 unspecified atom stereocenters. The molecule has 3 saturated heterocycles. The number of imidazole rings is 2. The summed E-state index contributed by atoms with van der Waals surface area (Å²) in [5.41, 5.74) is 12.8. The van der Waals surface area contributed by atoms with Crippen molar-refractivity contribution in [2.75, 3.05) is 24.7 Å². The third kappa shape index (κ3) is 5.28. The first-order valence-electron chi connectivity index (χ1n) is 12.8. The number of fused-ring (bicyclic) bond motifs is 5. The van der Waals surface area contributed by atoms with Crippen LogP contribution in [-0.4, -0.2) is 104 Å². The van der Waals surface area contributed by atoms with Crippen LogP contribution in [0.1, 0.15) is 12.5 Å². The van der Waals surface area contributed by atoms with Gasteiger partial charge in [0.2, 0.25) is 0 Å². The molecule has 0 aliphatic carbocycles. The van der Waals surface area contributed by atoms with Gasteiger partial charge in [-0.3, -0.25) is 22.7 Å². The summed E-state index contributed by atoms with van der Waals surface area (Å²) >= 11 is 9.34. The summed E-state index contributed by atoms with van der Waals surface area (Å²) in [5, 5.41) is 22.4. The molecule has 3 aliphatic rings. The maximum atomic E-state index is 13.5. The summed E-state index contributed by atoms with van der Waals surface area (Å²) in [6.45, 7) is -9.47. The van der Waals surface area contributed by atoms with Gasteiger partial charge in [-0.15, -0.1) is 0 Å². The maximum absolute atomic E-state index is 13.5. The minimum absolute atomic E-state index is 0.0966. The lowest BCUT2D eigenvalue weighted by Crippen LogP contribution is -2.36. The van der Waals surface area contributed by atoms with Crippen LogP contribution < -0.4 is 11.5 Å². The molecular formula is C20H24N10O10P2S2. The Morgan fingerprint density at radius 1 is 0.818 bits per heavy atom. The van der Waals surface area contributed by atoms with Crippen molar-refractivity contribution in [2.45, 2.75) is 49.1 Å². The van der Waals surface area contributed by atoms with Crippen LogP contribution in [0.3, 0.4) is 0 Å². The molecule has 24 heteroatoms. The quantitative estimate of drug-likeness (QED) is 0.113. The molecule has 7 N–H and O–H groups in total. The predicted octanol–water partition coefficient (Wildman–Crippen LogP) is -0.581. The molecule has 0 radical (unpaired) electrons. The van der Waals surface area contributed by atoms with E-state index in [-0.39, 0.29) is 34.0 Å². The molecule has 3 aliphatic heterocycles. The van der Waals surface area contributed by atoms with Gasteiger partial charge >= 0.3 is 13.5 Å². The van der Waals surface area contributed by atoms with E-state index < -0.39 is 75.8 Å². The zero-order valence-electron chi connectivity index (χ0n) is 22.0. The highest BCUT2D eigenvalue weighted by molar-refractivity contribution is 8.44. The first-order chi connectivity index (χ1) is 20.9. The lowest BCUT2D eigenvalue weighted by atomic mass is 10.1. The number of aliphatic hydroxyl groups is 2. The molecule has 44 heavy (non-hydrogen) atoms. The second-order valence-corrected chi connectivity index (χ2v) is 15.6. The minimum Gasteiger partial charge on any atom is -0.387 e. The van der Waals surface area contributed by atoms with Gasteiger partial charge in [-0.2, -0.15) is 0 Å². The average Bonchev–Trinajstić information content (AvgIpc) is 3.73. The Labute approximate surface area is 256 Å². The van der Waals surface area contributed by atoms with Crippen LogP contribution in [0.2, 0.25) is 0 Å². The molecule has 20 nitrogen and oxygen atoms in total. The number of nitrogens with two attached hydrogens (primary N) is 2. The largest absolute Gasteiger partial charge is 0.387 e. The Bertz CT molecular complexity index is 1830. The van der Waals surface area contributed by atoms with Crippen molar-refractivity contribution in [3.05, 3.63) is 25.3 Å². The van der Waals surface area contributed by atoms with Crippen LogP contribution in [0, 0.1) is 0 Å². The lowest BCUT2D eigenvalue weighted by molar-refractivity contribution is -0.0588. The molecular weight excluding hydrogens is 666 g/mol. The van der Waals surface area contributed by atoms with Crippen molar-refractivity contribution in [2.24, 2.45) is 0 Å². The Hall–Kier alpha value is -2.43. The number of ether oxygens (including phenoxy) is 2. The highest BCUT2D eigenvalue weighted by Crippen LogP contribution is 2.58. The van der Waals surface area contributed by atoms with Gasteiger partial charge in [0.15, 0.2) is 35.4 Å². The van der Waals surface area contributed by atoms with Crippen LogP contribution in [0.5, 0.6) is 0 Å². The molecule has 236 valence electrons. The van der Waals surface area contributed by atoms with E-state index in [1.54, 1.807) is 0 Å². The number of nitrogens with zero attached hydrogens (tertiary/aromatic N) is 8. The normalized spacial score (nSPS) is 38.3. The lowest BCUT2D eigenvalue weighted by Gasteiger charge is -2.27. The molecule has 10 atom stereocenters. The summed E-state index contributed by atoms with van der Waals surface area (Å²) < 4.78 is 50.8. The van der Waals surface area contributed by atoms with Gasteiger partial charge in [0.25, 0.3) is 0 Å². The second kappa shape index (κ2) is 11.1. The zero-order chi connectivity index (χ0) is 31.0. The van der Waals surface area contributed by atoms with E-state index in [1.165, 1.54) is 34.4 Å². The fraction of sp³-hybridized carbons (Fsp3) is 0.500. The van der Waals surface area contributed by atoms with E-state index >= 15 is 0 Å². The van der Waals surface area contributed by atoms with Crippen molar-refractivity contribution in [1.82, 2.24) is 39.0 Å². The predicted molar refractivity (Wildman–Crippen MR) is 154 cm³/mol. The average molecular weight is 691 g/mol. The van der Waals surface area contributed by atoms with E-state index in [0.717, 1.165) is 0 Å². The fourth-order valence-corrected chi connectivity index (χ4v) is 8.13. The van der Waals surface area contributed by atoms with E-state index in [0.29, 0.717) is 0 Å². The van der Waals surface area contributed by atoms with E-state index in [1.807, 2.05) is 0 Å². The molecule has 7 rings (SSSR count). The number of rotatable bonds is 2. The molecule has 0 spiro atoms. The van der Waals surface area contributed by atoms with Crippen LogP contribution in [0.4, 0.5) is 11.6 Å². The van der Waals surface area contributed by atoms with E-state index in [2.05, 4.69) is 42.2 Å². The molecule has 2 bridgehead atoms. The summed E-state index contributed by atoms with van der Waals surface area (Å²) in [6, 6.07) is 0. The SMILES string of the molecule is Nc1ncnc2c1ncn2C1O[C@@H]2COP(O)(=S)O[C@H]3[C@@H](O)[C@H](n4cnc5c(N)ncnc54)O[C@@H]3COP(=O)(S)O[C@@H]1[C@@H]2O.